The molecule has 0 aliphatic carbocycles. The Labute approximate surface area is 188 Å². The molecular formula is C26H38O4Si. The van der Waals surface area contributed by atoms with E-state index in [1.165, 1.54) is 10.4 Å². The molecule has 5 heteroatoms. The molecule has 1 aliphatic rings. The molecule has 1 aliphatic heterocycles. The number of rotatable bonds is 7. The van der Waals surface area contributed by atoms with Crippen molar-refractivity contribution < 1.29 is 19.0 Å². The van der Waals surface area contributed by atoms with E-state index in [4.69, 9.17) is 13.9 Å². The molecule has 0 amide bonds. The van der Waals surface area contributed by atoms with Gasteiger partial charge in [0.1, 0.15) is 0 Å². The second-order valence-electron chi connectivity index (χ2n) is 10.1. The molecule has 4 nitrogen and oxygen atoms in total. The predicted octanol–water partition coefficient (Wildman–Crippen LogP) is 4.10. The Balaban J connectivity index is 1.90. The van der Waals surface area contributed by atoms with E-state index < -0.39 is 14.1 Å². The Kier molecular flexibility index (Phi) is 7.44. The van der Waals surface area contributed by atoms with Crippen LogP contribution in [0.1, 0.15) is 48.0 Å². The van der Waals surface area contributed by atoms with E-state index in [0.29, 0.717) is 6.61 Å². The molecule has 3 atom stereocenters. The van der Waals surface area contributed by atoms with Gasteiger partial charge in [-0.05, 0) is 35.7 Å². The van der Waals surface area contributed by atoms with Crippen LogP contribution in [0.15, 0.2) is 60.7 Å². The fourth-order valence-electron chi connectivity index (χ4n) is 4.83. The van der Waals surface area contributed by atoms with E-state index in [-0.39, 0.29) is 29.8 Å². The smallest absolute Gasteiger partial charge is 0.261 e. The molecule has 0 saturated carbocycles. The van der Waals surface area contributed by atoms with Gasteiger partial charge < -0.3 is 19.0 Å². The van der Waals surface area contributed by atoms with Crippen molar-refractivity contribution in [1.29, 1.82) is 0 Å². The van der Waals surface area contributed by atoms with Crippen molar-refractivity contribution in [3.63, 3.8) is 0 Å². The maximum absolute atomic E-state index is 9.77. The molecule has 0 aromatic heterocycles. The number of ether oxygens (including phenoxy) is 2. The van der Waals surface area contributed by atoms with Crippen LogP contribution in [0.5, 0.6) is 0 Å². The van der Waals surface area contributed by atoms with E-state index in [9.17, 15) is 5.11 Å². The fourth-order valence-corrected chi connectivity index (χ4v) is 9.41. The van der Waals surface area contributed by atoms with Crippen molar-refractivity contribution in [2.24, 2.45) is 5.92 Å². The third-order valence-electron chi connectivity index (χ3n) is 6.36. The average molecular weight is 443 g/mol. The van der Waals surface area contributed by atoms with Crippen LogP contribution in [-0.2, 0) is 13.9 Å². The fraction of sp³-hybridized carbons (Fsp3) is 0.538. The zero-order valence-electron chi connectivity index (χ0n) is 19.8. The van der Waals surface area contributed by atoms with E-state index in [2.05, 4.69) is 88.4 Å². The third kappa shape index (κ3) is 5.12. The first-order valence-corrected chi connectivity index (χ1v) is 13.2. The van der Waals surface area contributed by atoms with Gasteiger partial charge in [-0.2, -0.15) is 0 Å². The first kappa shape index (κ1) is 24.1. The minimum atomic E-state index is -2.55. The van der Waals surface area contributed by atoms with Crippen molar-refractivity contribution in [3.05, 3.63) is 60.7 Å². The predicted molar refractivity (Wildman–Crippen MR) is 128 cm³/mol. The summed E-state index contributed by atoms with van der Waals surface area (Å²) >= 11 is 0. The van der Waals surface area contributed by atoms with Crippen molar-refractivity contribution in [2.45, 2.75) is 71.0 Å². The second kappa shape index (κ2) is 9.55. The lowest BCUT2D eigenvalue weighted by Gasteiger charge is -2.46. The highest BCUT2D eigenvalue weighted by molar-refractivity contribution is 6.99. The zero-order valence-corrected chi connectivity index (χ0v) is 20.8. The van der Waals surface area contributed by atoms with E-state index in [1.807, 2.05) is 13.8 Å². The van der Waals surface area contributed by atoms with E-state index in [0.717, 1.165) is 6.42 Å². The summed E-state index contributed by atoms with van der Waals surface area (Å²) in [5.74, 6) is -0.608. The summed E-state index contributed by atoms with van der Waals surface area (Å²) in [7, 11) is -2.55. The van der Waals surface area contributed by atoms with Crippen LogP contribution in [0.3, 0.4) is 0 Å². The molecule has 1 heterocycles. The monoisotopic (exact) mass is 442 g/mol. The first-order chi connectivity index (χ1) is 14.6. The summed E-state index contributed by atoms with van der Waals surface area (Å²) < 4.78 is 19.1. The summed E-state index contributed by atoms with van der Waals surface area (Å²) in [5.41, 5.74) is 0. The van der Waals surface area contributed by atoms with Crippen LogP contribution in [0.2, 0.25) is 5.04 Å². The maximum Gasteiger partial charge on any atom is 0.261 e. The Morgan fingerprint density at radius 3 is 1.84 bits per heavy atom. The Bertz CT molecular complexity index is 777. The van der Waals surface area contributed by atoms with Gasteiger partial charge in [0.05, 0.1) is 18.8 Å². The van der Waals surface area contributed by atoms with Gasteiger partial charge in [0, 0.05) is 12.5 Å². The summed E-state index contributed by atoms with van der Waals surface area (Å²) in [6, 6.07) is 21.4. The molecule has 1 fully saturated rings. The van der Waals surface area contributed by atoms with Gasteiger partial charge in [-0.1, -0.05) is 88.4 Å². The molecule has 2 aromatic rings. The van der Waals surface area contributed by atoms with Gasteiger partial charge in [-0.15, -0.1) is 0 Å². The largest absolute Gasteiger partial charge is 0.407 e. The highest BCUT2D eigenvalue weighted by Gasteiger charge is 2.50. The SMILES string of the molecule is C[C@@H]1[C@@H](CO)OC(C)(C)O[C@@H]1CCO[Si](c1ccccc1)(c1ccccc1)C(C)(C)C. The van der Waals surface area contributed by atoms with Crippen molar-refractivity contribution in [2.75, 3.05) is 13.2 Å². The lowest BCUT2D eigenvalue weighted by molar-refractivity contribution is -0.324. The highest BCUT2D eigenvalue weighted by Crippen LogP contribution is 2.38. The van der Waals surface area contributed by atoms with Crippen LogP contribution in [0, 0.1) is 5.92 Å². The molecule has 0 radical (unpaired) electrons. The number of aliphatic hydroxyl groups is 1. The topological polar surface area (TPSA) is 47.9 Å². The van der Waals surface area contributed by atoms with Crippen LogP contribution in [0.4, 0.5) is 0 Å². The Morgan fingerprint density at radius 2 is 1.39 bits per heavy atom. The summed E-state index contributed by atoms with van der Waals surface area (Å²) in [5, 5.41) is 12.3. The molecule has 3 rings (SSSR count). The van der Waals surface area contributed by atoms with Crippen molar-refractivity contribution >= 4 is 18.7 Å². The molecule has 0 bridgehead atoms. The first-order valence-electron chi connectivity index (χ1n) is 11.3. The van der Waals surface area contributed by atoms with Crippen LogP contribution in [0.25, 0.3) is 0 Å². The molecule has 31 heavy (non-hydrogen) atoms. The summed E-state index contributed by atoms with van der Waals surface area (Å²) in [6.07, 6.45) is 0.510. The normalized spacial score (nSPS) is 24.2. The van der Waals surface area contributed by atoms with Gasteiger partial charge in [0.2, 0.25) is 0 Å². The van der Waals surface area contributed by atoms with Gasteiger partial charge >= 0.3 is 0 Å². The Hall–Kier alpha value is -1.50. The van der Waals surface area contributed by atoms with Crippen LogP contribution in [-0.4, -0.2) is 44.6 Å². The lowest BCUT2D eigenvalue weighted by atomic mass is 9.94. The molecular weight excluding hydrogens is 404 g/mol. The third-order valence-corrected chi connectivity index (χ3v) is 11.4. The molecule has 1 N–H and O–H groups in total. The minimum absolute atomic E-state index is 0.0000229. The lowest BCUT2D eigenvalue weighted by Crippen LogP contribution is -2.66. The molecule has 2 aromatic carbocycles. The quantitative estimate of drug-likeness (QED) is 0.656. The van der Waals surface area contributed by atoms with Gasteiger partial charge in [0.25, 0.3) is 8.32 Å². The average Bonchev–Trinajstić information content (AvgIpc) is 2.73. The summed E-state index contributed by atoms with van der Waals surface area (Å²) in [4.78, 5) is 0. The van der Waals surface area contributed by atoms with Crippen LogP contribution >= 0.6 is 0 Å². The standard InChI is InChI=1S/C26H38O4Si/c1-20-23(29-26(5,6)30-24(20)19-27)17-18-28-31(25(2,3)4,21-13-9-7-10-14-21)22-15-11-8-12-16-22/h7-16,20,23-24,27H,17-19H2,1-6H3/t20-,23+,24+/m0/s1. The minimum Gasteiger partial charge on any atom is -0.407 e. The second-order valence-corrected chi connectivity index (χ2v) is 14.4. The highest BCUT2D eigenvalue weighted by atomic mass is 28.4. The van der Waals surface area contributed by atoms with Crippen LogP contribution < -0.4 is 10.4 Å². The van der Waals surface area contributed by atoms with E-state index in [1.54, 1.807) is 0 Å². The number of hydrogen-bond donors (Lipinski definition) is 1. The number of aliphatic hydroxyl groups excluding tert-OH is 1. The number of hydrogen-bond acceptors (Lipinski definition) is 4. The molecule has 170 valence electrons. The Morgan fingerprint density at radius 1 is 0.903 bits per heavy atom. The van der Waals surface area contributed by atoms with Crippen molar-refractivity contribution in [1.82, 2.24) is 0 Å². The number of benzene rings is 2. The summed E-state index contributed by atoms with van der Waals surface area (Å²) in [6.45, 7) is 13.4. The zero-order chi connectivity index (χ0) is 22.7. The maximum atomic E-state index is 9.77. The van der Waals surface area contributed by atoms with Gasteiger partial charge in [0.15, 0.2) is 5.79 Å². The molecule has 0 unspecified atom stereocenters. The van der Waals surface area contributed by atoms with E-state index >= 15 is 0 Å². The van der Waals surface area contributed by atoms with Crippen molar-refractivity contribution in [3.8, 4) is 0 Å². The molecule has 1 saturated heterocycles. The van der Waals surface area contributed by atoms with Gasteiger partial charge in [-0.3, -0.25) is 0 Å². The van der Waals surface area contributed by atoms with Gasteiger partial charge in [-0.25, -0.2) is 0 Å². The molecule has 0 spiro atoms.